The zero-order valence-electron chi connectivity index (χ0n) is 14.4. The summed E-state index contributed by atoms with van der Waals surface area (Å²) in [5, 5.41) is 11.6. The minimum atomic E-state index is -5.11. The first-order valence-corrected chi connectivity index (χ1v) is 7.76. The molecule has 1 unspecified atom stereocenters. The van der Waals surface area contributed by atoms with Gasteiger partial charge in [0.2, 0.25) is 5.60 Å². The van der Waals surface area contributed by atoms with Gasteiger partial charge in [-0.1, -0.05) is 30.3 Å². The first kappa shape index (κ1) is 19.7. The summed E-state index contributed by atoms with van der Waals surface area (Å²) in [6.07, 6.45) is -5.11. The van der Waals surface area contributed by atoms with Gasteiger partial charge in [0.05, 0.1) is 0 Å². The third-order valence-corrected chi connectivity index (χ3v) is 4.06. The van der Waals surface area contributed by atoms with Crippen LogP contribution in [0.5, 0.6) is 0 Å². The second-order valence-electron chi connectivity index (χ2n) is 6.20. The fourth-order valence-electron chi connectivity index (χ4n) is 2.41. The van der Waals surface area contributed by atoms with E-state index in [9.17, 15) is 27.9 Å². The summed E-state index contributed by atoms with van der Waals surface area (Å²) in [7, 11) is 0. The lowest BCUT2D eigenvalue weighted by Crippen LogP contribution is -2.52. The third kappa shape index (κ3) is 3.77. The Labute approximate surface area is 148 Å². The molecule has 0 spiro atoms. The van der Waals surface area contributed by atoms with Gasteiger partial charge < -0.3 is 10.4 Å². The van der Waals surface area contributed by atoms with E-state index in [1.165, 1.54) is 12.1 Å². The molecule has 0 aliphatic rings. The molecule has 138 valence electrons. The van der Waals surface area contributed by atoms with E-state index in [2.05, 4.69) is 5.32 Å². The number of nitrogens with one attached hydrogen (secondary N) is 1. The molecule has 0 heterocycles. The molecular formula is C19H18F3NO3. The topological polar surface area (TPSA) is 66.4 Å². The molecule has 0 saturated heterocycles. The van der Waals surface area contributed by atoms with Gasteiger partial charge in [-0.2, -0.15) is 13.2 Å². The highest BCUT2D eigenvalue weighted by atomic mass is 19.4. The van der Waals surface area contributed by atoms with E-state index in [0.29, 0.717) is 29.2 Å². The lowest BCUT2D eigenvalue weighted by Gasteiger charge is -2.26. The number of hydrogen-bond acceptors (Lipinski definition) is 3. The Balaban J connectivity index is 2.33. The van der Waals surface area contributed by atoms with E-state index >= 15 is 0 Å². The van der Waals surface area contributed by atoms with Gasteiger partial charge in [-0.15, -0.1) is 0 Å². The number of aliphatic hydroxyl groups is 1. The number of amides is 1. The van der Waals surface area contributed by atoms with E-state index in [1.54, 1.807) is 44.2 Å². The van der Waals surface area contributed by atoms with Gasteiger partial charge >= 0.3 is 6.18 Å². The van der Waals surface area contributed by atoms with Crippen molar-refractivity contribution in [1.82, 2.24) is 0 Å². The summed E-state index contributed by atoms with van der Waals surface area (Å²) in [6.45, 7) is 3.51. The van der Waals surface area contributed by atoms with Gasteiger partial charge in [-0.05, 0) is 44.0 Å². The van der Waals surface area contributed by atoms with E-state index in [-0.39, 0.29) is 11.5 Å². The van der Waals surface area contributed by atoms with Crippen LogP contribution in [0.1, 0.15) is 34.0 Å². The van der Waals surface area contributed by atoms with Gasteiger partial charge in [-0.25, -0.2) is 0 Å². The molecule has 0 bridgehead atoms. The normalized spacial score (nSPS) is 13.8. The minimum Gasteiger partial charge on any atom is -0.373 e. The molecule has 0 fully saturated rings. The Bertz CT molecular complexity index is 820. The van der Waals surface area contributed by atoms with E-state index < -0.39 is 17.7 Å². The molecule has 7 heteroatoms. The SMILES string of the molecule is Cc1cc(C(=O)c2ccccc2)cc(C)c1NC(=O)C(C)(O)C(F)(F)F. The van der Waals surface area contributed by atoms with Crippen LogP contribution in [-0.2, 0) is 4.79 Å². The van der Waals surface area contributed by atoms with Crippen molar-refractivity contribution in [3.05, 3.63) is 64.7 Å². The lowest BCUT2D eigenvalue weighted by atomic mass is 9.97. The van der Waals surface area contributed by atoms with Crippen LogP contribution in [0.15, 0.2) is 42.5 Å². The first-order valence-electron chi connectivity index (χ1n) is 7.76. The van der Waals surface area contributed by atoms with Crippen molar-refractivity contribution in [2.24, 2.45) is 0 Å². The number of halogens is 3. The first-order chi connectivity index (χ1) is 11.9. The Morgan fingerprint density at radius 2 is 1.46 bits per heavy atom. The number of hydrogen-bond donors (Lipinski definition) is 2. The van der Waals surface area contributed by atoms with Crippen LogP contribution in [0, 0.1) is 13.8 Å². The van der Waals surface area contributed by atoms with Crippen LogP contribution in [0.25, 0.3) is 0 Å². The highest BCUT2D eigenvalue weighted by Crippen LogP contribution is 2.32. The smallest absolute Gasteiger partial charge is 0.373 e. The zero-order chi connectivity index (χ0) is 19.7. The molecule has 2 rings (SSSR count). The van der Waals surface area contributed by atoms with E-state index in [1.807, 2.05) is 0 Å². The monoisotopic (exact) mass is 365 g/mol. The number of alkyl halides is 3. The maximum absolute atomic E-state index is 12.8. The van der Waals surface area contributed by atoms with Crippen LogP contribution in [0.2, 0.25) is 0 Å². The van der Waals surface area contributed by atoms with Crippen LogP contribution < -0.4 is 5.32 Å². The summed E-state index contributed by atoms with van der Waals surface area (Å²) < 4.78 is 38.4. The largest absolute Gasteiger partial charge is 0.426 e. The summed E-state index contributed by atoms with van der Waals surface area (Å²) in [6, 6.07) is 11.5. The number of aryl methyl sites for hydroxylation is 2. The molecule has 2 N–H and O–H groups in total. The molecule has 0 aliphatic heterocycles. The zero-order valence-corrected chi connectivity index (χ0v) is 14.4. The average Bonchev–Trinajstić information content (AvgIpc) is 2.56. The fourth-order valence-corrected chi connectivity index (χ4v) is 2.41. The molecule has 2 aromatic carbocycles. The Kier molecular flexibility index (Phi) is 5.23. The molecule has 0 saturated carbocycles. The summed E-state index contributed by atoms with van der Waals surface area (Å²) in [5.41, 5.74) is -1.74. The number of carbonyl (C=O) groups is 2. The van der Waals surface area contributed by atoms with Crippen molar-refractivity contribution >= 4 is 17.4 Å². The van der Waals surface area contributed by atoms with Crippen molar-refractivity contribution in [2.45, 2.75) is 32.5 Å². The third-order valence-electron chi connectivity index (χ3n) is 4.06. The number of benzene rings is 2. The van der Waals surface area contributed by atoms with Crippen molar-refractivity contribution in [1.29, 1.82) is 0 Å². The summed E-state index contributed by atoms with van der Waals surface area (Å²) in [5.74, 6) is -1.82. The standard InChI is InChI=1S/C19H18F3NO3/c1-11-9-14(16(24)13-7-5-4-6-8-13)10-12(2)15(11)23-17(25)18(3,26)19(20,21)22/h4-10,26H,1-3H3,(H,23,25). The van der Waals surface area contributed by atoms with Gasteiger partial charge in [0.1, 0.15) is 0 Å². The molecule has 1 amide bonds. The maximum atomic E-state index is 12.8. The highest BCUT2D eigenvalue weighted by Gasteiger charge is 2.55. The van der Waals surface area contributed by atoms with Crippen LogP contribution in [0.4, 0.5) is 18.9 Å². The Morgan fingerprint density at radius 3 is 1.92 bits per heavy atom. The molecule has 0 radical (unpaired) electrons. The van der Waals surface area contributed by atoms with E-state index in [4.69, 9.17) is 0 Å². The lowest BCUT2D eigenvalue weighted by molar-refractivity contribution is -0.242. The summed E-state index contributed by atoms with van der Waals surface area (Å²) >= 11 is 0. The minimum absolute atomic E-state index is 0.129. The predicted octanol–water partition coefficient (Wildman–Crippen LogP) is 3.79. The molecule has 4 nitrogen and oxygen atoms in total. The van der Waals surface area contributed by atoms with Gasteiger partial charge in [0.15, 0.2) is 5.78 Å². The quantitative estimate of drug-likeness (QED) is 0.811. The van der Waals surface area contributed by atoms with Crippen molar-refractivity contribution < 1.29 is 27.9 Å². The van der Waals surface area contributed by atoms with Crippen molar-refractivity contribution in [2.75, 3.05) is 5.32 Å². The molecule has 2 aromatic rings. The molecular weight excluding hydrogens is 347 g/mol. The molecule has 0 aromatic heterocycles. The Morgan fingerprint density at radius 1 is 0.962 bits per heavy atom. The van der Waals surface area contributed by atoms with Crippen molar-refractivity contribution in [3.8, 4) is 0 Å². The number of carbonyl (C=O) groups excluding carboxylic acids is 2. The molecule has 0 aliphatic carbocycles. The van der Waals surface area contributed by atoms with Crippen molar-refractivity contribution in [3.63, 3.8) is 0 Å². The Hall–Kier alpha value is -2.67. The summed E-state index contributed by atoms with van der Waals surface area (Å²) in [4.78, 5) is 24.4. The molecule has 26 heavy (non-hydrogen) atoms. The number of ketones is 1. The number of rotatable bonds is 4. The number of anilines is 1. The maximum Gasteiger partial charge on any atom is 0.426 e. The van der Waals surface area contributed by atoms with E-state index in [0.717, 1.165) is 0 Å². The van der Waals surface area contributed by atoms with Gasteiger partial charge in [0, 0.05) is 16.8 Å². The van der Waals surface area contributed by atoms with Crippen LogP contribution in [-0.4, -0.2) is 28.6 Å². The van der Waals surface area contributed by atoms with Crippen LogP contribution in [0.3, 0.4) is 0 Å². The van der Waals surface area contributed by atoms with Crippen LogP contribution >= 0.6 is 0 Å². The second kappa shape index (κ2) is 6.92. The predicted molar refractivity (Wildman–Crippen MR) is 91.1 cm³/mol. The average molecular weight is 365 g/mol. The van der Waals surface area contributed by atoms with Gasteiger partial charge in [0.25, 0.3) is 5.91 Å². The fraction of sp³-hybridized carbons (Fsp3) is 0.263. The molecule has 1 atom stereocenters. The highest BCUT2D eigenvalue weighted by molar-refractivity contribution is 6.09. The second-order valence-corrected chi connectivity index (χ2v) is 6.20. The van der Waals surface area contributed by atoms with Gasteiger partial charge in [-0.3, -0.25) is 9.59 Å².